The zero-order chi connectivity index (χ0) is 18.5. The van der Waals surface area contributed by atoms with E-state index < -0.39 is 0 Å². The van der Waals surface area contributed by atoms with Gasteiger partial charge in [-0.15, -0.1) is 0 Å². The molecule has 1 amide bonds. The van der Waals surface area contributed by atoms with Gasteiger partial charge in [-0.2, -0.15) is 0 Å². The summed E-state index contributed by atoms with van der Waals surface area (Å²) < 4.78 is 0. The second-order valence-corrected chi connectivity index (χ2v) is 8.61. The van der Waals surface area contributed by atoms with Crippen LogP contribution in [0.5, 0.6) is 0 Å². The number of carbonyl (C=O) groups excluding carboxylic acids is 1. The maximum absolute atomic E-state index is 12.6. The summed E-state index contributed by atoms with van der Waals surface area (Å²) in [5.41, 5.74) is 0.946. The molecule has 6 nitrogen and oxygen atoms in total. The zero-order valence-electron chi connectivity index (χ0n) is 15.9. The lowest BCUT2D eigenvalue weighted by atomic mass is 9.97. The molecule has 2 aromatic heterocycles. The molecule has 0 spiro atoms. The number of fused-ring (bicyclic) bond motifs is 1. The van der Waals surface area contributed by atoms with Crippen LogP contribution in [-0.4, -0.2) is 60.0 Å². The summed E-state index contributed by atoms with van der Waals surface area (Å²) in [6.45, 7) is 6.08. The Morgan fingerprint density at radius 1 is 1.22 bits per heavy atom. The molecule has 4 rings (SSSR count). The minimum absolute atomic E-state index is 0.0636. The molecule has 2 aromatic rings. The standard InChI is InChI=1S/C20H29N5OS/c26-18(21-10-6-13-24-11-2-1-3-12-24)16-7-5-14-25(15-16)20-23-17-8-4-9-22-19(17)27-20/h4,8-9,16H,1-3,5-7,10-15H2,(H,21,26)/t16-/m0/s1. The van der Waals surface area contributed by atoms with Crippen molar-refractivity contribution in [3.8, 4) is 0 Å². The molecule has 4 heterocycles. The van der Waals surface area contributed by atoms with Crippen LogP contribution < -0.4 is 10.2 Å². The quantitative estimate of drug-likeness (QED) is 0.772. The number of aromatic nitrogens is 2. The fourth-order valence-corrected chi connectivity index (χ4v) is 5.04. The number of amides is 1. The van der Waals surface area contributed by atoms with Crippen LogP contribution in [0.25, 0.3) is 10.3 Å². The average Bonchev–Trinajstić information content (AvgIpc) is 3.16. The van der Waals surface area contributed by atoms with Crippen molar-refractivity contribution in [3.05, 3.63) is 18.3 Å². The number of hydrogen-bond donors (Lipinski definition) is 1. The van der Waals surface area contributed by atoms with Crippen molar-refractivity contribution in [2.75, 3.05) is 44.2 Å². The van der Waals surface area contributed by atoms with Gasteiger partial charge in [-0.3, -0.25) is 4.79 Å². The minimum Gasteiger partial charge on any atom is -0.356 e. The molecular formula is C20H29N5OS. The highest BCUT2D eigenvalue weighted by Crippen LogP contribution is 2.30. The number of likely N-dealkylation sites (tertiary alicyclic amines) is 1. The summed E-state index contributed by atoms with van der Waals surface area (Å²) in [7, 11) is 0. The van der Waals surface area contributed by atoms with Crippen molar-refractivity contribution in [2.24, 2.45) is 5.92 Å². The van der Waals surface area contributed by atoms with Crippen molar-refractivity contribution in [1.82, 2.24) is 20.2 Å². The molecule has 1 atom stereocenters. The monoisotopic (exact) mass is 387 g/mol. The van der Waals surface area contributed by atoms with E-state index in [4.69, 9.17) is 4.98 Å². The van der Waals surface area contributed by atoms with Gasteiger partial charge in [-0.1, -0.05) is 17.8 Å². The molecule has 2 saturated heterocycles. The Balaban J connectivity index is 1.25. The molecule has 146 valence electrons. The third-order valence-electron chi connectivity index (χ3n) is 5.62. The van der Waals surface area contributed by atoms with E-state index in [2.05, 4.69) is 20.1 Å². The molecule has 2 aliphatic rings. The molecule has 2 fully saturated rings. The topological polar surface area (TPSA) is 61.4 Å². The smallest absolute Gasteiger partial charge is 0.224 e. The Bertz CT molecular complexity index is 725. The molecule has 0 saturated carbocycles. The van der Waals surface area contributed by atoms with E-state index in [1.807, 2.05) is 12.1 Å². The second-order valence-electron chi connectivity index (χ2n) is 7.66. The number of nitrogens with zero attached hydrogens (tertiary/aromatic N) is 4. The molecule has 7 heteroatoms. The molecule has 0 unspecified atom stereocenters. The number of carbonyl (C=O) groups is 1. The van der Waals surface area contributed by atoms with Crippen LogP contribution in [-0.2, 0) is 4.79 Å². The molecule has 0 aromatic carbocycles. The van der Waals surface area contributed by atoms with E-state index >= 15 is 0 Å². The lowest BCUT2D eigenvalue weighted by molar-refractivity contribution is -0.125. The van der Waals surface area contributed by atoms with Crippen LogP contribution in [0.3, 0.4) is 0 Å². The number of nitrogens with one attached hydrogen (secondary N) is 1. The van der Waals surface area contributed by atoms with Crippen LogP contribution in [0.2, 0.25) is 0 Å². The van der Waals surface area contributed by atoms with Crippen molar-refractivity contribution in [3.63, 3.8) is 0 Å². The van der Waals surface area contributed by atoms with E-state index in [1.54, 1.807) is 17.5 Å². The van der Waals surface area contributed by atoms with E-state index in [9.17, 15) is 4.79 Å². The second kappa shape index (κ2) is 8.97. The maximum Gasteiger partial charge on any atom is 0.224 e. The molecule has 0 aliphatic carbocycles. The van der Waals surface area contributed by atoms with Crippen LogP contribution in [0.15, 0.2) is 18.3 Å². The first-order valence-corrected chi connectivity index (χ1v) is 11.1. The highest BCUT2D eigenvalue weighted by atomic mass is 32.1. The Hall–Kier alpha value is -1.73. The summed E-state index contributed by atoms with van der Waals surface area (Å²) in [6.07, 6.45) is 8.88. The van der Waals surface area contributed by atoms with Gasteiger partial charge < -0.3 is 15.1 Å². The Morgan fingerprint density at radius 3 is 2.96 bits per heavy atom. The summed E-state index contributed by atoms with van der Waals surface area (Å²) in [5, 5.41) is 4.16. The van der Waals surface area contributed by atoms with E-state index in [1.165, 1.54) is 32.4 Å². The molecular weight excluding hydrogens is 358 g/mol. The predicted molar refractivity (Wildman–Crippen MR) is 110 cm³/mol. The van der Waals surface area contributed by atoms with Gasteiger partial charge in [0.1, 0.15) is 10.3 Å². The van der Waals surface area contributed by atoms with Crippen LogP contribution in [0.4, 0.5) is 5.13 Å². The first-order valence-electron chi connectivity index (χ1n) is 10.3. The van der Waals surface area contributed by atoms with E-state index in [-0.39, 0.29) is 11.8 Å². The Labute approximate surface area is 165 Å². The van der Waals surface area contributed by atoms with Crippen molar-refractivity contribution < 1.29 is 4.79 Å². The van der Waals surface area contributed by atoms with Gasteiger partial charge in [0.25, 0.3) is 0 Å². The Kier molecular flexibility index (Phi) is 6.19. The van der Waals surface area contributed by atoms with Gasteiger partial charge in [-0.05, 0) is 63.9 Å². The first kappa shape index (κ1) is 18.6. The van der Waals surface area contributed by atoms with Crippen LogP contribution in [0, 0.1) is 5.92 Å². The summed E-state index contributed by atoms with van der Waals surface area (Å²) >= 11 is 1.62. The predicted octanol–water partition coefficient (Wildman–Crippen LogP) is 2.90. The zero-order valence-corrected chi connectivity index (χ0v) is 16.7. The fourth-order valence-electron chi connectivity index (χ4n) is 4.10. The number of thiazole rings is 1. The van der Waals surface area contributed by atoms with Crippen LogP contribution >= 0.6 is 11.3 Å². The Morgan fingerprint density at radius 2 is 2.11 bits per heavy atom. The van der Waals surface area contributed by atoms with Crippen molar-refractivity contribution in [2.45, 2.75) is 38.5 Å². The highest BCUT2D eigenvalue weighted by Gasteiger charge is 2.27. The summed E-state index contributed by atoms with van der Waals surface area (Å²) in [5.74, 6) is 0.270. The number of rotatable bonds is 6. The summed E-state index contributed by atoms with van der Waals surface area (Å²) in [4.78, 5) is 27.5. The normalized spacial score (nSPS) is 21.5. The van der Waals surface area contributed by atoms with Crippen molar-refractivity contribution >= 4 is 32.7 Å². The average molecular weight is 388 g/mol. The van der Waals surface area contributed by atoms with Gasteiger partial charge in [0, 0.05) is 25.8 Å². The number of piperidine rings is 2. The minimum atomic E-state index is 0.0636. The lowest BCUT2D eigenvalue weighted by Gasteiger charge is -2.31. The lowest BCUT2D eigenvalue weighted by Crippen LogP contribution is -2.43. The molecule has 0 radical (unpaired) electrons. The van der Waals surface area contributed by atoms with Gasteiger partial charge in [0.05, 0.1) is 5.92 Å². The fraction of sp³-hybridized carbons (Fsp3) is 0.650. The third kappa shape index (κ3) is 4.76. The van der Waals surface area contributed by atoms with E-state index in [0.29, 0.717) is 0 Å². The molecule has 1 N–H and O–H groups in total. The first-order chi connectivity index (χ1) is 13.3. The largest absolute Gasteiger partial charge is 0.356 e. The van der Waals surface area contributed by atoms with Crippen molar-refractivity contribution in [1.29, 1.82) is 0 Å². The van der Waals surface area contributed by atoms with Gasteiger partial charge in [-0.25, -0.2) is 9.97 Å². The molecule has 27 heavy (non-hydrogen) atoms. The highest BCUT2D eigenvalue weighted by molar-refractivity contribution is 7.21. The number of hydrogen-bond acceptors (Lipinski definition) is 6. The molecule has 0 bridgehead atoms. The van der Waals surface area contributed by atoms with Gasteiger partial charge >= 0.3 is 0 Å². The van der Waals surface area contributed by atoms with Crippen LogP contribution in [0.1, 0.15) is 38.5 Å². The van der Waals surface area contributed by atoms with E-state index in [0.717, 1.165) is 60.9 Å². The van der Waals surface area contributed by atoms with Gasteiger partial charge in [0.15, 0.2) is 5.13 Å². The molecule has 2 aliphatic heterocycles. The SMILES string of the molecule is O=C(NCCCN1CCCCC1)[C@H]1CCCN(c2nc3cccnc3s2)C1. The maximum atomic E-state index is 12.6. The third-order valence-corrected chi connectivity index (χ3v) is 6.66. The number of anilines is 1. The summed E-state index contributed by atoms with van der Waals surface area (Å²) in [6, 6.07) is 3.92. The van der Waals surface area contributed by atoms with Gasteiger partial charge in [0.2, 0.25) is 5.91 Å². The number of pyridine rings is 1.